The molecule has 0 unspecified atom stereocenters. The molecule has 27 heavy (non-hydrogen) atoms. The van der Waals surface area contributed by atoms with E-state index in [1.54, 1.807) is 25.3 Å². The molecular weight excluding hydrogens is 344 g/mol. The lowest BCUT2D eigenvalue weighted by atomic mass is 9.82. The maximum atomic E-state index is 12.6. The Kier molecular flexibility index (Phi) is 4.08. The Balaban J connectivity index is 1.94. The van der Waals surface area contributed by atoms with Gasteiger partial charge in [0.15, 0.2) is 0 Å². The Morgan fingerprint density at radius 2 is 2.04 bits per heavy atom. The van der Waals surface area contributed by atoms with Crippen LogP contribution in [-0.2, 0) is 16.0 Å². The van der Waals surface area contributed by atoms with Crippen LogP contribution in [0.4, 0.5) is 0 Å². The van der Waals surface area contributed by atoms with E-state index < -0.39 is 5.54 Å². The van der Waals surface area contributed by atoms with Crippen LogP contribution in [0.1, 0.15) is 29.8 Å². The number of methoxy groups -OCH3 is 2. The SMILES string of the molecule is COC(=O)[C@]1(C)Cc2c([nH]c3ccc(OC)cc23)[C@@H](c2cccc(O)c2)N1. The minimum Gasteiger partial charge on any atom is -0.508 e. The number of ether oxygens (including phenoxy) is 2. The van der Waals surface area contributed by atoms with Gasteiger partial charge in [0.2, 0.25) is 0 Å². The minimum atomic E-state index is -0.893. The monoisotopic (exact) mass is 366 g/mol. The van der Waals surface area contributed by atoms with Crippen molar-refractivity contribution in [1.82, 2.24) is 10.3 Å². The van der Waals surface area contributed by atoms with Crippen LogP contribution in [0.3, 0.4) is 0 Å². The number of carbonyl (C=O) groups is 1. The fraction of sp³-hybridized carbons (Fsp3) is 0.286. The topological polar surface area (TPSA) is 83.6 Å². The highest BCUT2D eigenvalue weighted by molar-refractivity contribution is 5.89. The van der Waals surface area contributed by atoms with Crippen LogP contribution in [0.25, 0.3) is 10.9 Å². The molecule has 2 aromatic carbocycles. The number of H-pyrrole nitrogens is 1. The standard InChI is InChI=1S/C21H22N2O4/c1-21(20(25)27-3)11-16-15-10-14(26-2)7-8-17(15)22-19(16)18(23-21)12-5-4-6-13(24)9-12/h4-10,18,22-24H,11H2,1-3H3/t18-,21+/m1/s1. The number of nitrogens with one attached hydrogen (secondary N) is 2. The molecule has 3 aromatic rings. The summed E-state index contributed by atoms with van der Waals surface area (Å²) in [7, 11) is 3.03. The number of aromatic amines is 1. The van der Waals surface area contributed by atoms with E-state index in [0.29, 0.717) is 6.42 Å². The molecule has 4 rings (SSSR count). The third kappa shape index (κ3) is 2.82. The van der Waals surface area contributed by atoms with Crippen molar-refractivity contribution in [3.05, 3.63) is 59.3 Å². The van der Waals surface area contributed by atoms with Crippen LogP contribution in [-0.4, -0.2) is 35.8 Å². The number of hydrogen-bond donors (Lipinski definition) is 3. The van der Waals surface area contributed by atoms with E-state index in [-0.39, 0.29) is 17.8 Å². The van der Waals surface area contributed by atoms with Crippen molar-refractivity contribution < 1.29 is 19.4 Å². The number of hydrogen-bond acceptors (Lipinski definition) is 5. The molecule has 1 aliphatic rings. The van der Waals surface area contributed by atoms with Gasteiger partial charge in [0.1, 0.15) is 17.0 Å². The lowest BCUT2D eigenvalue weighted by Crippen LogP contribution is -2.56. The number of phenolic OH excluding ortho intramolecular Hbond substituents is 1. The fourth-order valence-electron chi connectivity index (χ4n) is 3.92. The zero-order chi connectivity index (χ0) is 19.2. The summed E-state index contributed by atoms with van der Waals surface area (Å²) in [6.07, 6.45) is 0.484. The van der Waals surface area contributed by atoms with Gasteiger partial charge in [-0.2, -0.15) is 0 Å². The third-order valence-corrected chi connectivity index (χ3v) is 5.27. The maximum Gasteiger partial charge on any atom is 0.326 e. The van der Waals surface area contributed by atoms with Crippen LogP contribution in [0.15, 0.2) is 42.5 Å². The number of rotatable bonds is 3. The summed E-state index contributed by atoms with van der Waals surface area (Å²) in [5, 5.41) is 14.4. The quantitative estimate of drug-likeness (QED) is 0.621. The molecule has 0 bridgehead atoms. The minimum absolute atomic E-state index is 0.180. The molecule has 0 amide bonds. The first kappa shape index (κ1) is 17.4. The average Bonchev–Trinajstić information content (AvgIpc) is 3.04. The second-order valence-electron chi connectivity index (χ2n) is 7.10. The second-order valence-corrected chi connectivity index (χ2v) is 7.10. The van der Waals surface area contributed by atoms with Gasteiger partial charge in [-0.15, -0.1) is 0 Å². The molecule has 1 aromatic heterocycles. The predicted octanol–water partition coefficient (Wildman–Crippen LogP) is 3.05. The van der Waals surface area contributed by atoms with Crippen molar-refractivity contribution in [3.63, 3.8) is 0 Å². The normalized spacial score (nSPS) is 21.7. The van der Waals surface area contributed by atoms with Crippen LogP contribution < -0.4 is 10.1 Å². The van der Waals surface area contributed by atoms with Gasteiger partial charge in [0, 0.05) is 23.0 Å². The fourth-order valence-corrected chi connectivity index (χ4v) is 3.92. The smallest absolute Gasteiger partial charge is 0.326 e. The van der Waals surface area contributed by atoms with Crippen molar-refractivity contribution in [2.45, 2.75) is 24.9 Å². The molecule has 0 aliphatic carbocycles. The number of phenols is 1. The Bertz CT molecular complexity index is 1030. The molecule has 2 atom stereocenters. The molecular formula is C21H22N2O4. The Morgan fingerprint density at radius 1 is 1.22 bits per heavy atom. The van der Waals surface area contributed by atoms with Gasteiger partial charge in [0.05, 0.1) is 20.3 Å². The second kappa shape index (κ2) is 6.32. The Morgan fingerprint density at radius 3 is 2.74 bits per heavy atom. The zero-order valence-electron chi connectivity index (χ0n) is 15.5. The number of aromatic nitrogens is 1. The van der Waals surface area contributed by atoms with Crippen molar-refractivity contribution >= 4 is 16.9 Å². The largest absolute Gasteiger partial charge is 0.508 e. The predicted molar refractivity (Wildman–Crippen MR) is 102 cm³/mol. The molecule has 0 spiro atoms. The summed E-state index contributed by atoms with van der Waals surface area (Å²) >= 11 is 0. The van der Waals surface area contributed by atoms with Crippen molar-refractivity contribution in [2.75, 3.05) is 14.2 Å². The summed E-state index contributed by atoms with van der Waals surface area (Å²) in [5.41, 5.74) is 2.97. The molecule has 1 aliphatic heterocycles. The van der Waals surface area contributed by atoms with Gasteiger partial charge in [-0.1, -0.05) is 12.1 Å². The summed E-state index contributed by atoms with van der Waals surface area (Å²) in [4.78, 5) is 16.0. The van der Waals surface area contributed by atoms with Gasteiger partial charge in [-0.3, -0.25) is 10.1 Å². The lowest BCUT2D eigenvalue weighted by Gasteiger charge is -2.37. The van der Waals surface area contributed by atoms with E-state index in [4.69, 9.17) is 9.47 Å². The van der Waals surface area contributed by atoms with Gasteiger partial charge in [-0.05, 0) is 48.4 Å². The van der Waals surface area contributed by atoms with E-state index in [1.165, 1.54) is 7.11 Å². The summed E-state index contributed by atoms with van der Waals surface area (Å²) in [6.45, 7) is 1.84. The molecule has 6 heteroatoms. The van der Waals surface area contributed by atoms with E-state index in [1.807, 2.05) is 31.2 Å². The summed E-state index contributed by atoms with van der Waals surface area (Å²) in [5.74, 6) is 0.617. The van der Waals surface area contributed by atoms with Crippen LogP contribution >= 0.6 is 0 Å². The van der Waals surface area contributed by atoms with E-state index in [0.717, 1.165) is 33.5 Å². The number of esters is 1. The molecule has 2 heterocycles. The van der Waals surface area contributed by atoms with Gasteiger partial charge in [-0.25, -0.2) is 0 Å². The summed E-state index contributed by atoms with van der Waals surface area (Å²) < 4.78 is 10.4. The zero-order valence-corrected chi connectivity index (χ0v) is 15.5. The van der Waals surface area contributed by atoms with Crippen molar-refractivity contribution in [2.24, 2.45) is 0 Å². The molecule has 140 valence electrons. The molecule has 0 fully saturated rings. The van der Waals surface area contributed by atoms with Crippen LogP contribution in [0.2, 0.25) is 0 Å². The highest BCUT2D eigenvalue weighted by Crippen LogP contribution is 2.40. The van der Waals surface area contributed by atoms with Gasteiger partial charge < -0.3 is 19.6 Å². The highest BCUT2D eigenvalue weighted by atomic mass is 16.5. The van der Waals surface area contributed by atoms with Crippen LogP contribution in [0, 0.1) is 0 Å². The first-order chi connectivity index (χ1) is 12.9. The molecule has 0 saturated heterocycles. The molecule has 0 saturated carbocycles. The highest BCUT2D eigenvalue weighted by Gasteiger charge is 2.43. The first-order valence-electron chi connectivity index (χ1n) is 8.79. The van der Waals surface area contributed by atoms with Gasteiger partial charge >= 0.3 is 5.97 Å². The van der Waals surface area contributed by atoms with E-state index in [2.05, 4.69) is 10.3 Å². The Hall–Kier alpha value is -2.99. The molecule has 0 radical (unpaired) electrons. The maximum absolute atomic E-state index is 12.6. The number of aromatic hydroxyl groups is 1. The van der Waals surface area contributed by atoms with Crippen LogP contribution in [0.5, 0.6) is 11.5 Å². The Labute approximate surface area is 157 Å². The van der Waals surface area contributed by atoms with Gasteiger partial charge in [0.25, 0.3) is 0 Å². The van der Waals surface area contributed by atoms with Crippen molar-refractivity contribution in [1.29, 1.82) is 0 Å². The molecule has 3 N–H and O–H groups in total. The number of carbonyl (C=O) groups excluding carboxylic acids is 1. The van der Waals surface area contributed by atoms with Crippen molar-refractivity contribution in [3.8, 4) is 11.5 Å². The number of benzene rings is 2. The molecule has 6 nitrogen and oxygen atoms in total. The summed E-state index contributed by atoms with van der Waals surface area (Å²) in [6, 6.07) is 12.6. The first-order valence-corrected chi connectivity index (χ1v) is 8.79. The number of fused-ring (bicyclic) bond motifs is 3. The lowest BCUT2D eigenvalue weighted by molar-refractivity contribution is -0.148. The third-order valence-electron chi connectivity index (χ3n) is 5.27. The van der Waals surface area contributed by atoms with E-state index in [9.17, 15) is 9.90 Å². The average molecular weight is 366 g/mol. The van der Waals surface area contributed by atoms with E-state index >= 15 is 0 Å².